The van der Waals surface area contributed by atoms with Crippen LogP contribution in [0.1, 0.15) is 25.7 Å². The van der Waals surface area contributed by atoms with Crippen molar-refractivity contribution in [2.75, 3.05) is 19.6 Å². The summed E-state index contributed by atoms with van der Waals surface area (Å²) in [5.74, 6) is 0.951. The minimum Gasteiger partial charge on any atom is -0.390 e. The Kier molecular flexibility index (Phi) is 4.58. The van der Waals surface area contributed by atoms with Crippen LogP contribution in [0.25, 0.3) is 0 Å². The molecule has 1 saturated carbocycles. The fourth-order valence-electron chi connectivity index (χ4n) is 1.44. The van der Waals surface area contributed by atoms with E-state index in [4.69, 9.17) is 10.8 Å². The Hall–Kier alpha value is -0.120. The number of aliphatic hydroxyl groups is 1. The number of nitrogens with one attached hydrogen (secondary N) is 1. The van der Waals surface area contributed by atoms with Gasteiger partial charge in [0.25, 0.3) is 0 Å². The van der Waals surface area contributed by atoms with E-state index in [1.165, 1.54) is 25.7 Å². The first-order chi connectivity index (χ1) is 5.83. The van der Waals surface area contributed by atoms with E-state index in [1.807, 2.05) is 0 Å². The van der Waals surface area contributed by atoms with Crippen LogP contribution in [0.3, 0.4) is 0 Å². The molecule has 1 unspecified atom stereocenters. The number of hydrogen-bond donors (Lipinski definition) is 3. The maximum Gasteiger partial charge on any atom is 0.0786 e. The first-order valence-corrected chi connectivity index (χ1v) is 4.91. The van der Waals surface area contributed by atoms with Gasteiger partial charge in [-0.1, -0.05) is 19.3 Å². The lowest BCUT2D eigenvalue weighted by molar-refractivity contribution is 0.177. The molecule has 0 aromatic heterocycles. The van der Waals surface area contributed by atoms with Gasteiger partial charge in [0.1, 0.15) is 0 Å². The van der Waals surface area contributed by atoms with Gasteiger partial charge in [-0.25, -0.2) is 0 Å². The number of aliphatic hydroxyl groups excluding tert-OH is 1. The summed E-state index contributed by atoms with van der Waals surface area (Å²) in [7, 11) is 0. The van der Waals surface area contributed by atoms with Crippen LogP contribution in [0, 0.1) is 5.92 Å². The molecule has 72 valence electrons. The second kappa shape index (κ2) is 5.51. The van der Waals surface area contributed by atoms with Crippen LogP contribution in [0.5, 0.6) is 0 Å². The van der Waals surface area contributed by atoms with E-state index < -0.39 is 0 Å². The molecular formula is C9H20N2O. The molecule has 0 spiro atoms. The average Bonchev–Trinajstić information content (AvgIpc) is 2.00. The summed E-state index contributed by atoms with van der Waals surface area (Å²) in [5, 5.41) is 12.3. The first-order valence-electron chi connectivity index (χ1n) is 4.91. The molecule has 1 fully saturated rings. The van der Waals surface area contributed by atoms with Gasteiger partial charge in [0, 0.05) is 13.1 Å². The van der Waals surface area contributed by atoms with Crippen LogP contribution in [0.15, 0.2) is 0 Å². The van der Waals surface area contributed by atoms with Crippen molar-refractivity contribution in [2.45, 2.75) is 31.8 Å². The van der Waals surface area contributed by atoms with Crippen molar-refractivity contribution in [1.82, 2.24) is 5.32 Å². The van der Waals surface area contributed by atoms with Gasteiger partial charge in [-0.2, -0.15) is 0 Å². The van der Waals surface area contributed by atoms with Gasteiger partial charge in [-0.3, -0.25) is 0 Å². The lowest BCUT2D eigenvalue weighted by Crippen LogP contribution is -2.33. The third-order valence-electron chi connectivity index (χ3n) is 2.61. The Morgan fingerprint density at radius 1 is 1.50 bits per heavy atom. The highest BCUT2D eigenvalue weighted by molar-refractivity contribution is 4.70. The third-order valence-corrected chi connectivity index (χ3v) is 2.61. The number of hydrogen-bond acceptors (Lipinski definition) is 3. The molecule has 1 aliphatic rings. The molecule has 4 N–H and O–H groups in total. The average molecular weight is 172 g/mol. The lowest BCUT2D eigenvalue weighted by atomic mass is 9.83. The van der Waals surface area contributed by atoms with Crippen molar-refractivity contribution in [3.05, 3.63) is 0 Å². The SMILES string of the molecule is NCC(O)CNCCC1CCC1. The van der Waals surface area contributed by atoms with Gasteiger partial charge in [0.05, 0.1) is 6.10 Å². The van der Waals surface area contributed by atoms with Gasteiger partial charge >= 0.3 is 0 Å². The quantitative estimate of drug-likeness (QED) is 0.497. The topological polar surface area (TPSA) is 58.3 Å². The van der Waals surface area contributed by atoms with E-state index in [0.717, 1.165) is 12.5 Å². The Morgan fingerprint density at radius 2 is 2.25 bits per heavy atom. The molecule has 3 heteroatoms. The summed E-state index contributed by atoms with van der Waals surface area (Å²) >= 11 is 0. The van der Waals surface area contributed by atoms with Gasteiger partial charge in [-0.05, 0) is 18.9 Å². The van der Waals surface area contributed by atoms with Crippen molar-refractivity contribution < 1.29 is 5.11 Å². The van der Waals surface area contributed by atoms with E-state index in [0.29, 0.717) is 13.1 Å². The van der Waals surface area contributed by atoms with Crippen molar-refractivity contribution in [3.8, 4) is 0 Å². The first kappa shape index (κ1) is 9.96. The Bertz CT molecular complexity index is 108. The minimum atomic E-state index is -0.369. The van der Waals surface area contributed by atoms with Gasteiger partial charge in [0.2, 0.25) is 0 Å². The molecule has 0 heterocycles. The largest absolute Gasteiger partial charge is 0.390 e. The lowest BCUT2D eigenvalue weighted by Gasteiger charge is -2.25. The normalized spacial score (nSPS) is 20.5. The molecule has 0 aromatic rings. The molecule has 0 amide bonds. The number of rotatable bonds is 6. The Morgan fingerprint density at radius 3 is 2.75 bits per heavy atom. The fraction of sp³-hybridized carbons (Fsp3) is 1.00. The van der Waals surface area contributed by atoms with E-state index in [2.05, 4.69) is 5.32 Å². The second-order valence-electron chi connectivity index (χ2n) is 3.68. The molecule has 3 nitrogen and oxygen atoms in total. The van der Waals surface area contributed by atoms with Crippen LogP contribution >= 0.6 is 0 Å². The van der Waals surface area contributed by atoms with Gasteiger partial charge in [0.15, 0.2) is 0 Å². The second-order valence-corrected chi connectivity index (χ2v) is 3.68. The standard InChI is InChI=1S/C9H20N2O/c10-6-9(12)7-11-5-4-8-2-1-3-8/h8-9,11-12H,1-7,10H2. The summed E-state index contributed by atoms with van der Waals surface area (Å²) in [5.41, 5.74) is 5.26. The highest BCUT2D eigenvalue weighted by Crippen LogP contribution is 2.28. The number of nitrogens with two attached hydrogens (primary N) is 1. The molecular weight excluding hydrogens is 152 g/mol. The van der Waals surface area contributed by atoms with E-state index in [9.17, 15) is 0 Å². The van der Waals surface area contributed by atoms with Crippen LogP contribution < -0.4 is 11.1 Å². The van der Waals surface area contributed by atoms with Crippen molar-refractivity contribution in [3.63, 3.8) is 0 Å². The molecule has 1 aliphatic carbocycles. The molecule has 12 heavy (non-hydrogen) atoms. The van der Waals surface area contributed by atoms with Crippen LogP contribution in [0.4, 0.5) is 0 Å². The molecule has 1 atom stereocenters. The van der Waals surface area contributed by atoms with Crippen LogP contribution in [-0.2, 0) is 0 Å². The fourth-order valence-corrected chi connectivity index (χ4v) is 1.44. The van der Waals surface area contributed by atoms with Gasteiger partial charge < -0.3 is 16.2 Å². The van der Waals surface area contributed by atoms with Crippen molar-refractivity contribution in [2.24, 2.45) is 11.7 Å². The highest BCUT2D eigenvalue weighted by atomic mass is 16.3. The molecule has 0 aliphatic heterocycles. The van der Waals surface area contributed by atoms with E-state index in [-0.39, 0.29) is 6.10 Å². The third kappa shape index (κ3) is 3.52. The van der Waals surface area contributed by atoms with Crippen molar-refractivity contribution in [1.29, 1.82) is 0 Å². The maximum atomic E-state index is 9.11. The maximum absolute atomic E-state index is 9.11. The van der Waals surface area contributed by atoms with Crippen LogP contribution in [0.2, 0.25) is 0 Å². The molecule has 1 rings (SSSR count). The monoisotopic (exact) mass is 172 g/mol. The summed E-state index contributed by atoms with van der Waals surface area (Å²) in [6.45, 7) is 2.03. The molecule has 0 aromatic carbocycles. The van der Waals surface area contributed by atoms with Crippen molar-refractivity contribution >= 4 is 0 Å². The predicted molar refractivity (Wildman–Crippen MR) is 49.9 cm³/mol. The zero-order valence-corrected chi connectivity index (χ0v) is 7.63. The zero-order chi connectivity index (χ0) is 8.81. The highest BCUT2D eigenvalue weighted by Gasteiger charge is 2.16. The summed E-state index contributed by atoms with van der Waals surface area (Å²) in [4.78, 5) is 0. The Balaban J connectivity index is 1.82. The van der Waals surface area contributed by atoms with Gasteiger partial charge in [-0.15, -0.1) is 0 Å². The van der Waals surface area contributed by atoms with Crippen LogP contribution in [-0.4, -0.2) is 30.8 Å². The zero-order valence-electron chi connectivity index (χ0n) is 7.63. The summed E-state index contributed by atoms with van der Waals surface area (Å²) < 4.78 is 0. The summed E-state index contributed by atoms with van der Waals surface area (Å²) in [6.07, 6.45) is 5.11. The smallest absolute Gasteiger partial charge is 0.0786 e. The Labute approximate surface area is 74.3 Å². The predicted octanol–water partition coefficient (Wildman–Crippen LogP) is 0.0858. The van der Waals surface area contributed by atoms with E-state index >= 15 is 0 Å². The van der Waals surface area contributed by atoms with E-state index in [1.54, 1.807) is 0 Å². The minimum absolute atomic E-state index is 0.358. The molecule has 0 bridgehead atoms. The summed E-state index contributed by atoms with van der Waals surface area (Å²) in [6, 6.07) is 0. The molecule has 0 radical (unpaired) electrons. The molecule has 0 saturated heterocycles.